The second-order valence-electron chi connectivity index (χ2n) is 4.08. The summed E-state index contributed by atoms with van der Waals surface area (Å²) in [7, 11) is 0. The van der Waals surface area contributed by atoms with Crippen LogP contribution in [0.1, 0.15) is 32.6 Å². The molecule has 4 nitrogen and oxygen atoms in total. The molecule has 2 N–H and O–H groups in total. The maximum atomic E-state index is 11.6. The SMILES string of the molecule is CCC(C#N)C(=O)NC1CCCC1CO. The molecule has 0 bridgehead atoms. The van der Waals surface area contributed by atoms with Crippen molar-refractivity contribution in [2.24, 2.45) is 11.8 Å². The van der Waals surface area contributed by atoms with Gasteiger partial charge in [0.1, 0.15) is 5.92 Å². The molecule has 0 saturated heterocycles. The van der Waals surface area contributed by atoms with E-state index < -0.39 is 5.92 Å². The molecule has 0 aromatic rings. The monoisotopic (exact) mass is 210 g/mol. The Labute approximate surface area is 90.3 Å². The lowest BCUT2D eigenvalue weighted by Gasteiger charge is -2.20. The highest BCUT2D eigenvalue weighted by Gasteiger charge is 2.29. The second kappa shape index (κ2) is 5.72. The first kappa shape index (κ1) is 12.0. The Morgan fingerprint density at radius 3 is 2.93 bits per heavy atom. The number of nitrogens with zero attached hydrogens (tertiary/aromatic N) is 1. The van der Waals surface area contributed by atoms with E-state index in [4.69, 9.17) is 10.4 Å². The average molecular weight is 210 g/mol. The zero-order valence-electron chi connectivity index (χ0n) is 9.07. The summed E-state index contributed by atoms with van der Waals surface area (Å²) in [4.78, 5) is 11.6. The Kier molecular flexibility index (Phi) is 4.57. The Morgan fingerprint density at radius 2 is 2.40 bits per heavy atom. The summed E-state index contributed by atoms with van der Waals surface area (Å²) in [6.45, 7) is 1.94. The summed E-state index contributed by atoms with van der Waals surface area (Å²) in [5, 5.41) is 20.7. The highest BCUT2D eigenvalue weighted by atomic mass is 16.3. The van der Waals surface area contributed by atoms with Crippen molar-refractivity contribution >= 4 is 5.91 Å². The molecular weight excluding hydrogens is 192 g/mol. The van der Waals surface area contributed by atoms with Gasteiger partial charge in [-0.15, -0.1) is 0 Å². The third-order valence-corrected chi connectivity index (χ3v) is 3.10. The molecule has 4 heteroatoms. The second-order valence-corrected chi connectivity index (χ2v) is 4.08. The molecule has 0 aliphatic heterocycles. The van der Waals surface area contributed by atoms with Crippen LogP contribution in [0.4, 0.5) is 0 Å². The average Bonchev–Trinajstić information content (AvgIpc) is 2.67. The van der Waals surface area contributed by atoms with Gasteiger partial charge in [0.05, 0.1) is 6.07 Å². The van der Waals surface area contributed by atoms with Gasteiger partial charge < -0.3 is 10.4 Å². The number of amides is 1. The number of aliphatic hydroxyl groups is 1. The molecule has 0 heterocycles. The van der Waals surface area contributed by atoms with Crippen molar-refractivity contribution in [3.8, 4) is 6.07 Å². The maximum absolute atomic E-state index is 11.6. The van der Waals surface area contributed by atoms with E-state index in [9.17, 15) is 4.79 Å². The minimum atomic E-state index is -0.551. The van der Waals surface area contributed by atoms with Gasteiger partial charge in [-0.2, -0.15) is 5.26 Å². The Balaban J connectivity index is 2.47. The predicted molar refractivity (Wildman–Crippen MR) is 55.8 cm³/mol. The van der Waals surface area contributed by atoms with Crippen molar-refractivity contribution in [1.29, 1.82) is 5.26 Å². The quantitative estimate of drug-likeness (QED) is 0.721. The molecule has 3 atom stereocenters. The summed E-state index contributed by atoms with van der Waals surface area (Å²) in [5.74, 6) is -0.569. The van der Waals surface area contributed by atoms with E-state index >= 15 is 0 Å². The van der Waals surface area contributed by atoms with Gasteiger partial charge in [-0.25, -0.2) is 0 Å². The number of rotatable bonds is 4. The van der Waals surface area contributed by atoms with Crippen LogP contribution in [0.2, 0.25) is 0 Å². The van der Waals surface area contributed by atoms with E-state index in [1.54, 1.807) is 0 Å². The molecule has 0 aromatic carbocycles. The van der Waals surface area contributed by atoms with Crippen molar-refractivity contribution in [2.75, 3.05) is 6.61 Å². The van der Waals surface area contributed by atoms with Crippen molar-refractivity contribution < 1.29 is 9.90 Å². The third kappa shape index (κ3) is 2.93. The van der Waals surface area contributed by atoms with Crippen LogP contribution in [0.15, 0.2) is 0 Å². The van der Waals surface area contributed by atoms with E-state index in [0.717, 1.165) is 19.3 Å². The Morgan fingerprint density at radius 1 is 1.67 bits per heavy atom. The number of nitriles is 1. The molecule has 1 aliphatic rings. The van der Waals surface area contributed by atoms with Gasteiger partial charge in [-0.3, -0.25) is 4.79 Å². The first-order valence-corrected chi connectivity index (χ1v) is 5.53. The number of carbonyl (C=O) groups excluding carboxylic acids is 1. The van der Waals surface area contributed by atoms with Crippen LogP contribution in [-0.2, 0) is 4.79 Å². The fourth-order valence-corrected chi connectivity index (χ4v) is 2.06. The standard InChI is InChI=1S/C11H18N2O2/c1-2-8(6-12)11(15)13-10-5-3-4-9(10)7-14/h8-10,14H,2-5,7H2,1H3,(H,13,15). The summed E-state index contributed by atoms with van der Waals surface area (Å²) in [5.41, 5.74) is 0. The molecule has 15 heavy (non-hydrogen) atoms. The Bertz CT molecular complexity index is 260. The van der Waals surface area contributed by atoms with E-state index in [0.29, 0.717) is 6.42 Å². The topological polar surface area (TPSA) is 73.1 Å². The number of hydrogen-bond donors (Lipinski definition) is 2. The van der Waals surface area contributed by atoms with E-state index in [1.807, 2.05) is 13.0 Å². The van der Waals surface area contributed by atoms with Gasteiger partial charge in [0, 0.05) is 18.6 Å². The molecule has 1 rings (SSSR count). The minimum Gasteiger partial charge on any atom is -0.396 e. The molecule has 1 saturated carbocycles. The molecule has 84 valence electrons. The molecular formula is C11H18N2O2. The van der Waals surface area contributed by atoms with Crippen molar-refractivity contribution in [3.05, 3.63) is 0 Å². The van der Waals surface area contributed by atoms with E-state index in [1.165, 1.54) is 0 Å². The van der Waals surface area contributed by atoms with Gasteiger partial charge in [0.25, 0.3) is 0 Å². The van der Waals surface area contributed by atoms with Crippen molar-refractivity contribution in [2.45, 2.75) is 38.6 Å². The molecule has 0 aromatic heterocycles. The van der Waals surface area contributed by atoms with Gasteiger partial charge in [-0.05, 0) is 19.3 Å². The zero-order chi connectivity index (χ0) is 11.3. The van der Waals surface area contributed by atoms with Crippen LogP contribution < -0.4 is 5.32 Å². The molecule has 1 fully saturated rings. The lowest BCUT2D eigenvalue weighted by Crippen LogP contribution is -2.41. The number of nitrogens with one attached hydrogen (secondary N) is 1. The van der Waals surface area contributed by atoms with Crippen LogP contribution >= 0.6 is 0 Å². The van der Waals surface area contributed by atoms with Crippen LogP contribution in [0.25, 0.3) is 0 Å². The van der Waals surface area contributed by atoms with Gasteiger partial charge >= 0.3 is 0 Å². The van der Waals surface area contributed by atoms with Crippen LogP contribution in [0.3, 0.4) is 0 Å². The first-order valence-electron chi connectivity index (χ1n) is 5.53. The first-order chi connectivity index (χ1) is 7.22. The number of carbonyl (C=O) groups is 1. The summed E-state index contributed by atoms with van der Waals surface area (Å²) < 4.78 is 0. The molecule has 0 radical (unpaired) electrons. The Hall–Kier alpha value is -1.08. The van der Waals surface area contributed by atoms with E-state index in [2.05, 4.69) is 5.32 Å². The van der Waals surface area contributed by atoms with E-state index in [-0.39, 0.29) is 24.5 Å². The van der Waals surface area contributed by atoms with Crippen LogP contribution in [0.5, 0.6) is 0 Å². The summed E-state index contributed by atoms with van der Waals surface area (Å²) in [6.07, 6.45) is 3.46. The molecule has 1 aliphatic carbocycles. The van der Waals surface area contributed by atoms with Crippen LogP contribution in [-0.4, -0.2) is 23.7 Å². The normalized spacial score (nSPS) is 27.0. The third-order valence-electron chi connectivity index (χ3n) is 3.10. The van der Waals surface area contributed by atoms with Crippen LogP contribution in [0, 0.1) is 23.2 Å². The van der Waals surface area contributed by atoms with Crippen molar-refractivity contribution in [1.82, 2.24) is 5.32 Å². The van der Waals surface area contributed by atoms with Gasteiger partial charge in [-0.1, -0.05) is 13.3 Å². The smallest absolute Gasteiger partial charge is 0.237 e. The summed E-state index contributed by atoms with van der Waals surface area (Å²) in [6, 6.07) is 2.04. The van der Waals surface area contributed by atoms with Gasteiger partial charge in [0.2, 0.25) is 5.91 Å². The lowest BCUT2D eigenvalue weighted by molar-refractivity contribution is -0.124. The van der Waals surface area contributed by atoms with Gasteiger partial charge in [0.15, 0.2) is 0 Å². The molecule has 0 spiro atoms. The number of hydrogen-bond acceptors (Lipinski definition) is 3. The molecule has 3 unspecified atom stereocenters. The highest BCUT2D eigenvalue weighted by Crippen LogP contribution is 2.25. The largest absolute Gasteiger partial charge is 0.396 e. The maximum Gasteiger partial charge on any atom is 0.237 e. The molecule has 1 amide bonds. The fourth-order valence-electron chi connectivity index (χ4n) is 2.06. The highest BCUT2D eigenvalue weighted by molar-refractivity contribution is 5.81. The fraction of sp³-hybridized carbons (Fsp3) is 0.818. The zero-order valence-corrected chi connectivity index (χ0v) is 9.07. The minimum absolute atomic E-state index is 0.0601. The van der Waals surface area contributed by atoms with Crippen molar-refractivity contribution in [3.63, 3.8) is 0 Å². The lowest BCUT2D eigenvalue weighted by atomic mass is 10.0. The predicted octanol–water partition coefficient (Wildman–Crippen LogP) is 0.813. The number of aliphatic hydroxyl groups excluding tert-OH is 1. The summed E-state index contributed by atoms with van der Waals surface area (Å²) >= 11 is 0.